The van der Waals surface area contributed by atoms with Crippen LogP contribution < -0.4 is 5.43 Å². The van der Waals surface area contributed by atoms with Crippen LogP contribution in [0.2, 0.25) is 0 Å². The zero-order valence-electron chi connectivity index (χ0n) is 13.2. The summed E-state index contributed by atoms with van der Waals surface area (Å²) in [4.78, 5) is 14.1. The van der Waals surface area contributed by atoms with Crippen LogP contribution in [0, 0.1) is 12.8 Å². The Kier molecular flexibility index (Phi) is 5.06. The monoisotopic (exact) mass is 294 g/mol. The molecule has 2 N–H and O–H groups in total. The maximum atomic E-state index is 11.8. The van der Waals surface area contributed by atoms with Crippen molar-refractivity contribution in [2.45, 2.75) is 52.8 Å². The van der Waals surface area contributed by atoms with Crippen LogP contribution in [0.5, 0.6) is 5.75 Å². The summed E-state index contributed by atoms with van der Waals surface area (Å²) in [5, 5.41) is 19.8. The van der Waals surface area contributed by atoms with Gasteiger partial charge in [-0.15, -0.1) is 0 Å². The SMILES string of the molecule is Cc1cc(=O)c(O)c(CN2CCC(C)CC2)n1CC(C)O. The van der Waals surface area contributed by atoms with Gasteiger partial charge < -0.3 is 14.8 Å². The lowest BCUT2D eigenvalue weighted by molar-refractivity contribution is 0.158. The Bertz CT molecular complexity index is 543. The van der Waals surface area contributed by atoms with Crippen molar-refractivity contribution in [1.29, 1.82) is 0 Å². The number of aliphatic hydroxyl groups is 1. The van der Waals surface area contributed by atoms with Gasteiger partial charge in [0.15, 0.2) is 5.75 Å². The summed E-state index contributed by atoms with van der Waals surface area (Å²) in [7, 11) is 0. The molecule has 5 nitrogen and oxygen atoms in total. The first-order valence-corrected chi connectivity index (χ1v) is 7.71. The minimum atomic E-state index is -0.522. The van der Waals surface area contributed by atoms with Crippen molar-refractivity contribution in [3.05, 3.63) is 27.7 Å². The smallest absolute Gasteiger partial charge is 0.223 e. The van der Waals surface area contributed by atoms with Crippen LogP contribution in [0.25, 0.3) is 0 Å². The summed E-state index contributed by atoms with van der Waals surface area (Å²) in [5.41, 5.74) is 1.06. The molecule has 0 spiro atoms. The third kappa shape index (κ3) is 3.86. The predicted octanol–water partition coefficient (Wildman–Crippen LogP) is 1.48. The van der Waals surface area contributed by atoms with Gasteiger partial charge in [0.05, 0.1) is 11.8 Å². The van der Waals surface area contributed by atoms with E-state index in [1.54, 1.807) is 6.92 Å². The lowest BCUT2D eigenvalue weighted by Gasteiger charge is -2.31. The van der Waals surface area contributed by atoms with Gasteiger partial charge in [0.1, 0.15) is 0 Å². The first kappa shape index (κ1) is 16.0. The van der Waals surface area contributed by atoms with Crippen LogP contribution in [0.1, 0.15) is 38.1 Å². The number of hydrogen-bond acceptors (Lipinski definition) is 4. The number of aromatic nitrogens is 1. The number of rotatable bonds is 4. The maximum absolute atomic E-state index is 11.8. The number of pyridine rings is 1. The van der Waals surface area contributed by atoms with Gasteiger partial charge in [0, 0.05) is 24.8 Å². The predicted molar refractivity (Wildman–Crippen MR) is 82.5 cm³/mol. The molecule has 0 amide bonds. The summed E-state index contributed by atoms with van der Waals surface area (Å²) in [5.74, 6) is 0.562. The zero-order chi connectivity index (χ0) is 15.6. The highest BCUT2D eigenvalue weighted by molar-refractivity contribution is 5.30. The van der Waals surface area contributed by atoms with Gasteiger partial charge in [0.25, 0.3) is 0 Å². The second kappa shape index (κ2) is 6.62. The minimum absolute atomic E-state index is 0.181. The van der Waals surface area contributed by atoms with E-state index < -0.39 is 6.10 Å². The normalized spacial score (nSPS) is 18.9. The second-order valence-corrected chi connectivity index (χ2v) is 6.36. The number of aliphatic hydroxyl groups excluding tert-OH is 1. The Morgan fingerprint density at radius 3 is 2.57 bits per heavy atom. The van der Waals surface area contributed by atoms with Crippen molar-refractivity contribution >= 4 is 0 Å². The molecule has 2 heterocycles. The molecule has 0 bridgehead atoms. The van der Waals surface area contributed by atoms with E-state index in [4.69, 9.17) is 0 Å². The number of piperidine rings is 1. The van der Waals surface area contributed by atoms with Gasteiger partial charge in [-0.2, -0.15) is 0 Å². The fourth-order valence-electron chi connectivity index (χ4n) is 2.93. The first-order chi connectivity index (χ1) is 9.88. The number of aromatic hydroxyl groups is 1. The molecule has 0 radical (unpaired) electrons. The number of aryl methyl sites for hydroxylation is 1. The molecule has 1 aliphatic rings. The topological polar surface area (TPSA) is 65.7 Å². The van der Waals surface area contributed by atoms with Crippen molar-refractivity contribution in [3.63, 3.8) is 0 Å². The van der Waals surface area contributed by atoms with Crippen molar-refractivity contribution in [2.75, 3.05) is 13.1 Å². The third-order valence-corrected chi connectivity index (χ3v) is 4.29. The molecule has 1 aromatic rings. The minimum Gasteiger partial charge on any atom is -0.503 e. The van der Waals surface area contributed by atoms with Crippen LogP contribution in [0.15, 0.2) is 10.9 Å². The molecule has 118 valence electrons. The lowest BCUT2D eigenvalue weighted by Crippen LogP contribution is -2.34. The molecule has 1 saturated heterocycles. The zero-order valence-corrected chi connectivity index (χ0v) is 13.2. The standard InChI is InChI=1S/C16H26N2O3/c1-11-4-6-17(7-5-11)10-14-16(21)15(20)8-12(2)18(14)9-13(3)19/h8,11,13,19,21H,4-7,9-10H2,1-3H3. The van der Waals surface area contributed by atoms with Crippen molar-refractivity contribution < 1.29 is 10.2 Å². The van der Waals surface area contributed by atoms with Gasteiger partial charge in [-0.1, -0.05) is 6.92 Å². The van der Waals surface area contributed by atoms with Gasteiger partial charge in [-0.25, -0.2) is 0 Å². The van der Waals surface area contributed by atoms with Crippen molar-refractivity contribution in [3.8, 4) is 5.75 Å². The Labute approximate surface area is 125 Å². The van der Waals surface area contributed by atoms with Crippen LogP contribution >= 0.6 is 0 Å². The van der Waals surface area contributed by atoms with Gasteiger partial charge in [-0.3, -0.25) is 9.69 Å². The van der Waals surface area contributed by atoms with Gasteiger partial charge in [-0.05, 0) is 45.7 Å². The summed E-state index contributed by atoms with van der Waals surface area (Å²) < 4.78 is 1.86. The molecule has 0 saturated carbocycles. The first-order valence-electron chi connectivity index (χ1n) is 7.71. The Morgan fingerprint density at radius 2 is 2.00 bits per heavy atom. The molecular weight excluding hydrogens is 268 g/mol. The van der Waals surface area contributed by atoms with Crippen molar-refractivity contribution in [1.82, 2.24) is 9.47 Å². The molecule has 1 atom stereocenters. The van der Waals surface area contributed by atoms with Gasteiger partial charge >= 0.3 is 0 Å². The van der Waals surface area contributed by atoms with E-state index in [1.807, 2.05) is 11.5 Å². The molecule has 1 aliphatic heterocycles. The molecular formula is C16H26N2O3. The summed E-state index contributed by atoms with van der Waals surface area (Å²) >= 11 is 0. The summed E-state index contributed by atoms with van der Waals surface area (Å²) in [6.07, 6.45) is 1.77. The number of hydrogen-bond donors (Lipinski definition) is 2. The van der Waals surface area contributed by atoms with Crippen LogP contribution in [0.4, 0.5) is 0 Å². The fraction of sp³-hybridized carbons (Fsp3) is 0.688. The van der Waals surface area contributed by atoms with Crippen LogP contribution in [-0.2, 0) is 13.1 Å². The number of nitrogens with zero attached hydrogens (tertiary/aromatic N) is 2. The average molecular weight is 294 g/mol. The molecule has 2 rings (SSSR count). The quantitative estimate of drug-likeness (QED) is 0.882. The highest BCUT2D eigenvalue weighted by atomic mass is 16.3. The fourth-order valence-corrected chi connectivity index (χ4v) is 2.93. The molecule has 0 aliphatic carbocycles. The number of likely N-dealkylation sites (tertiary alicyclic amines) is 1. The molecule has 1 aromatic heterocycles. The van der Waals surface area contributed by atoms with Gasteiger partial charge in [0.2, 0.25) is 5.43 Å². The second-order valence-electron chi connectivity index (χ2n) is 6.36. The molecule has 5 heteroatoms. The van der Waals surface area contributed by atoms with Crippen molar-refractivity contribution in [2.24, 2.45) is 5.92 Å². The Balaban J connectivity index is 2.29. The van der Waals surface area contributed by atoms with E-state index in [2.05, 4.69) is 11.8 Å². The summed E-state index contributed by atoms with van der Waals surface area (Å²) in [6.45, 7) is 8.72. The highest BCUT2D eigenvalue weighted by Crippen LogP contribution is 2.22. The van der Waals surface area contributed by atoms with E-state index >= 15 is 0 Å². The van der Waals surface area contributed by atoms with E-state index in [9.17, 15) is 15.0 Å². The van der Waals surface area contributed by atoms with Crippen LogP contribution in [-0.4, -0.2) is 38.9 Å². The van der Waals surface area contributed by atoms with E-state index in [0.717, 1.165) is 37.5 Å². The Morgan fingerprint density at radius 1 is 1.38 bits per heavy atom. The maximum Gasteiger partial charge on any atom is 0.223 e. The third-order valence-electron chi connectivity index (χ3n) is 4.29. The van der Waals surface area contributed by atoms with Crippen LogP contribution in [0.3, 0.4) is 0 Å². The molecule has 1 unspecified atom stereocenters. The Hall–Kier alpha value is -1.33. The molecule has 0 aromatic carbocycles. The highest BCUT2D eigenvalue weighted by Gasteiger charge is 2.20. The van der Waals surface area contributed by atoms with E-state index in [0.29, 0.717) is 18.8 Å². The largest absolute Gasteiger partial charge is 0.503 e. The van der Waals surface area contributed by atoms with E-state index in [-0.39, 0.29) is 11.2 Å². The van der Waals surface area contributed by atoms with E-state index in [1.165, 1.54) is 6.07 Å². The average Bonchev–Trinajstić information content (AvgIpc) is 2.42. The molecule has 21 heavy (non-hydrogen) atoms. The summed E-state index contributed by atoms with van der Waals surface area (Å²) in [6, 6.07) is 1.43. The lowest BCUT2D eigenvalue weighted by atomic mass is 9.99. The molecule has 1 fully saturated rings.